The number of rotatable bonds is 6. The molecule has 0 fully saturated rings. The van der Waals surface area contributed by atoms with E-state index in [1.54, 1.807) is 0 Å². The molecule has 4 rings (SSSR count). The second kappa shape index (κ2) is 8.72. The number of hydrogen-bond donors (Lipinski definition) is 1. The number of thioether (sulfide) groups is 1. The zero-order valence-electron chi connectivity index (χ0n) is 16.2. The maximum Gasteiger partial charge on any atom is 0.286 e. The highest BCUT2D eigenvalue weighted by Gasteiger charge is 2.16. The number of halogens is 1. The predicted octanol–water partition coefficient (Wildman–Crippen LogP) is 4.42. The second-order valence-electron chi connectivity index (χ2n) is 6.40. The number of benzene rings is 2. The first kappa shape index (κ1) is 20.2. The van der Waals surface area contributed by atoms with Gasteiger partial charge in [0.2, 0.25) is 5.01 Å². The maximum absolute atomic E-state index is 13.0. The van der Waals surface area contributed by atoms with Crippen molar-refractivity contribution in [3.8, 4) is 5.69 Å². The van der Waals surface area contributed by atoms with Crippen molar-refractivity contribution in [3.63, 3.8) is 0 Å². The summed E-state index contributed by atoms with van der Waals surface area (Å²) < 4.78 is 15.0. The molecule has 0 aliphatic carbocycles. The number of aromatic nitrogens is 5. The normalized spacial score (nSPS) is 10.9. The van der Waals surface area contributed by atoms with Crippen LogP contribution in [-0.2, 0) is 5.75 Å². The van der Waals surface area contributed by atoms with Crippen LogP contribution in [0, 0.1) is 19.7 Å². The van der Waals surface area contributed by atoms with Crippen LogP contribution in [0.1, 0.15) is 26.2 Å². The molecule has 2 aromatic carbocycles. The standard InChI is InChI=1S/C20H17FN6OS2/c1-12-5-3-4-6-16(12)27-13(2)23-26-20(27)29-11-17-24-25-19(30-17)18(28)22-15-9-7-14(21)8-10-15/h3-10H,11H2,1-2H3,(H,22,28). The van der Waals surface area contributed by atoms with Gasteiger partial charge in [-0.05, 0) is 49.7 Å². The number of amides is 1. The molecular formula is C20H17FN6OS2. The molecular weight excluding hydrogens is 423 g/mol. The van der Waals surface area contributed by atoms with E-state index in [9.17, 15) is 9.18 Å². The number of carbonyl (C=O) groups is 1. The molecule has 0 radical (unpaired) electrons. The summed E-state index contributed by atoms with van der Waals surface area (Å²) in [4.78, 5) is 12.3. The van der Waals surface area contributed by atoms with Gasteiger partial charge in [-0.15, -0.1) is 20.4 Å². The summed E-state index contributed by atoms with van der Waals surface area (Å²) in [5.41, 5.74) is 2.64. The summed E-state index contributed by atoms with van der Waals surface area (Å²) in [6, 6.07) is 13.6. The van der Waals surface area contributed by atoms with E-state index in [0.717, 1.165) is 22.2 Å². The van der Waals surface area contributed by atoms with E-state index in [-0.39, 0.29) is 16.7 Å². The van der Waals surface area contributed by atoms with Gasteiger partial charge in [0.1, 0.15) is 16.6 Å². The van der Waals surface area contributed by atoms with Gasteiger partial charge in [-0.2, -0.15) is 0 Å². The molecule has 0 saturated carbocycles. The molecule has 0 aliphatic heterocycles. The first-order valence-electron chi connectivity index (χ1n) is 9.01. The largest absolute Gasteiger partial charge is 0.320 e. The zero-order valence-corrected chi connectivity index (χ0v) is 17.8. The molecule has 30 heavy (non-hydrogen) atoms. The van der Waals surface area contributed by atoms with Crippen molar-refractivity contribution in [2.45, 2.75) is 24.8 Å². The van der Waals surface area contributed by atoms with E-state index in [0.29, 0.717) is 16.4 Å². The van der Waals surface area contributed by atoms with Crippen LogP contribution in [0.4, 0.5) is 10.1 Å². The minimum atomic E-state index is -0.380. The summed E-state index contributed by atoms with van der Waals surface area (Å²) in [5.74, 6) is 0.556. The molecule has 0 aliphatic rings. The molecule has 2 aromatic heterocycles. The lowest BCUT2D eigenvalue weighted by molar-refractivity contribution is 0.102. The Hall–Kier alpha value is -3.11. The molecule has 0 spiro atoms. The lowest BCUT2D eigenvalue weighted by atomic mass is 10.2. The number of nitrogens with zero attached hydrogens (tertiary/aromatic N) is 5. The monoisotopic (exact) mass is 440 g/mol. The first-order valence-corrected chi connectivity index (χ1v) is 10.8. The minimum absolute atomic E-state index is 0.242. The summed E-state index contributed by atoms with van der Waals surface area (Å²) in [6.07, 6.45) is 0. The van der Waals surface area contributed by atoms with Crippen molar-refractivity contribution in [2.24, 2.45) is 0 Å². The van der Waals surface area contributed by atoms with Crippen molar-refractivity contribution in [2.75, 3.05) is 5.32 Å². The Bertz CT molecular complexity index is 1190. The lowest BCUT2D eigenvalue weighted by Gasteiger charge is -2.10. The fourth-order valence-corrected chi connectivity index (χ4v) is 4.49. The number of para-hydroxylation sites is 1. The Labute approximate surface area is 180 Å². The van der Waals surface area contributed by atoms with E-state index in [4.69, 9.17) is 0 Å². The highest BCUT2D eigenvalue weighted by atomic mass is 32.2. The van der Waals surface area contributed by atoms with Gasteiger partial charge in [-0.3, -0.25) is 9.36 Å². The number of hydrogen-bond acceptors (Lipinski definition) is 7. The van der Waals surface area contributed by atoms with Crippen molar-refractivity contribution in [3.05, 3.63) is 75.8 Å². The van der Waals surface area contributed by atoms with Gasteiger partial charge in [0, 0.05) is 5.69 Å². The molecule has 1 amide bonds. The van der Waals surface area contributed by atoms with Gasteiger partial charge < -0.3 is 5.32 Å². The average molecular weight is 441 g/mol. The molecule has 1 N–H and O–H groups in total. The molecule has 0 unspecified atom stereocenters. The fourth-order valence-electron chi connectivity index (χ4n) is 2.78. The maximum atomic E-state index is 13.0. The molecule has 4 aromatic rings. The zero-order chi connectivity index (χ0) is 21.1. The third-order valence-corrected chi connectivity index (χ3v) is 6.28. The van der Waals surface area contributed by atoms with E-state index >= 15 is 0 Å². The lowest BCUT2D eigenvalue weighted by Crippen LogP contribution is -2.11. The smallest absolute Gasteiger partial charge is 0.286 e. The average Bonchev–Trinajstić information content (AvgIpc) is 3.35. The Morgan fingerprint density at radius 2 is 1.83 bits per heavy atom. The molecule has 2 heterocycles. The highest BCUT2D eigenvalue weighted by Crippen LogP contribution is 2.27. The van der Waals surface area contributed by atoms with Crippen LogP contribution in [0.15, 0.2) is 53.7 Å². The summed E-state index contributed by atoms with van der Waals surface area (Å²) >= 11 is 2.69. The number of carbonyl (C=O) groups excluding carboxylic acids is 1. The van der Waals surface area contributed by atoms with E-state index in [1.807, 2.05) is 42.7 Å². The Balaban J connectivity index is 1.45. The predicted molar refractivity (Wildman–Crippen MR) is 115 cm³/mol. The van der Waals surface area contributed by atoms with Crippen molar-refractivity contribution in [1.29, 1.82) is 0 Å². The second-order valence-corrected chi connectivity index (χ2v) is 8.41. The molecule has 0 atom stereocenters. The van der Waals surface area contributed by atoms with E-state index in [2.05, 4.69) is 25.7 Å². The summed E-state index contributed by atoms with van der Waals surface area (Å²) in [6.45, 7) is 3.95. The van der Waals surface area contributed by atoms with Gasteiger partial charge in [-0.25, -0.2) is 4.39 Å². The quantitative estimate of drug-likeness (QED) is 0.447. The number of nitrogens with one attached hydrogen (secondary N) is 1. The van der Waals surface area contributed by atoms with Crippen LogP contribution < -0.4 is 5.32 Å². The first-order chi connectivity index (χ1) is 14.5. The topological polar surface area (TPSA) is 85.6 Å². The number of anilines is 1. The molecule has 152 valence electrons. The minimum Gasteiger partial charge on any atom is -0.320 e. The molecule has 0 bridgehead atoms. The Kier molecular flexibility index (Phi) is 5.86. The van der Waals surface area contributed by atoms with Crippen LogP contribution in [0.2, 0.25) is 0 Å². The van der Waals surface area contributed by atoms with Crippen LogP contribution in [0.3, 0.4) is 0 Å². The van der Waals surface area contributed by atoms with Crippen molar-refractivity contribution >= 4 is 34.7 Å². The summed E-state index contributed by atoms with van der Waals surface area (Å²) in [7, 11) is 0. The van der Waals surface area contributed by atoms with Gasteiger partial charge in [0.05, 0.1) is 11.4 Å². The number of aryl methyl sites for hydroxylation is 2. The van der Waals surface area contributed by atoms with E-state index in [1.165, 1.54) is 47.4 Å². The van der Waals surface area contributed by atoms with E-state index < -0.39 is 0 Å². The van der Waals surface area contributed by atoms with Gasteiger partial charge in [0.25, 0.3) is 5.91 Å². The molecule has 7 nitrogen and oxygen atoms in total. The highest BCUT2D eigenvalue weighted by molar-refractivity contribution is 7.98. The van der Waals surface area contributed by atoms with Crippen LogP contribution >= 0.6 is 23.1 Å². The van der Waals surface area contributed by atoms with Gasteiger partial charge >= 0.3 is 0 Å². The van der Waals surface area contributed by atoms with Crippen molar-refractivity contribution < 1.29 is 9.18 Å². The Morgan fingerprint density at radius 1 is 1.07 bits per heavy atom. The van der Waals surface area contributed by atoms with Crippen LogP contribution in [0.25, 0.3) is 5.69 Å². The van der Waals surface area contributed by atoms with Crippen LogP contribution in [-0.4, -0.2) is 30.9 Å². The third kappa shape index (κ3) is 4.39. The van der Waals surface area contributed by atoms with Crippen LogP contribution in [0.5, 0.6) is 0 Å². The Morgan fingerprint density at radius 3 is 2.60 bits per heavy atom. The SMILES string of the molecule is Cc1ccccc1-n1c(C)nnc1SCc1nnc(C(=O)Nc2ccc(F)cc2)s1. The van der Waals surface area contributed by atoms with Crippen molar-refractivity contribution in [1.82, 2.24) is 25.0 Å². The molecule has 10 heteroatoms. The molecule has 0 saturated heterocycles. The van der Waals surface area contributed by atoms with Gasteiger partial charge in [0.15, 0.2) is 5.16 Å². The fraction of sp³-hybridized carbons (Fsp3) is 0.150. The third-order valence-electron chi connectivity index (χ3n) is 4.24. The summed E-state index contributed by atoms with van der Waals surface area (Å²) in [5, 5.41) is 20.9. The van der Waals surface area contributed by atoms with Gasteiger partial charge in [-0.1, -0.05) is 41.3 Å².